The Hall–Kier alpha value is -0.780. The van der Waals surface area contributed by atoms with Gasteiger partial charge < -0.3 is 5.11 Å². The lowest BCUT2D eigenvalue weighted by Crippen LogP contribution is -2.15. The minimum absolute atomic E-state index is 0.207. The summed E-state index contributed by atoms with van der Waals surface area (Å²) in [6.07, 6.45) is 8.85. The summed E-state index contributed by atoms with van der Waals surface area (Å²) in [5.74, 6) is 0.621. The normalized spacial score (nSPS) is 27.5. The highest BCUT2D eigenvalue weighted by molar-refractivity contribution is 5.11. The predicted molar refractivity (Wildman–Crippen MR) is 55.4 cm³/mol. The largest absolute Gasteiger partial charge is 0.389 e. The first-order chi connectivity index (χ1) is 6.24. The molecular weight excluding hydrogens is 160 g/mol. The van der Waals surface area contributed by atoms with Crippen LogP contribution in [-0.4, -0.2) is 11.2 Å². The van der Waals surface area contributed by atoms with Crippen LogP contribution < -0.4 is 0 Å². The molecular formula is C12H18O. The second-order valence-corrected chi connectivity index (χ2v) is 3.65. The predicted octanol–water partition coefficient (Wildman–Crippen LogP) is 2.82. The minimum atomic E-state index is -0.207. The molecule has 0 saturated heterocycles. The van der Waals surface area contributed by atoms with Crippen molar-refractivity contribution in [2.75, 3.05) is 0 Å². The summed E-state index contributed by atoms with van der Waals surface area (Å²) in [5.41, 5.74) is 4.41. The zero-order valence-corrected chi connectivity index (χ0v) is 8.46. The van der Waals surface area contributed by atoms with Crippen LogP contribution in [0.5, 0.6) is 0 Å². The third-order valence-electron chi connectivity index (χ3n) is 2.60. The van der Waals surface area contributed by atoms with E-state index in [1.54, 1.807) is 0 Å². The fraction of sp³-hybridized carbons (Fsp3) is 0.583. The molecule has 1 heteroatoms. The Bertz CT molecular complexity index is 244. The second kappa shape index (κ2) is 5.06. The van der Waals surface area contributed by atoms with Gasteiger partial charge in [0.1, 0.15) is 0 Å². The lowest BCUT2D eigenvalue weighted by Gasteiger charge is -2.23. The quantitative estimate of drug-likeness (QED) is 0.509. The van der Waals surface area contributed by atoms with Crippen molar-refractivity contribution in [2.45, 2.75) is 39.2 Å². The topological polar surface area (TPSA) is 20.2 Å². The molecule has 0 aliphatic heterocycles. The first-order valence-corrected chi connectivity index (χ1v) is 4.96. The second-order valence-electron chi connectivity index (χ2n) is 3.65. The molecule has 1 N–H and O–H groups in total. The van der Waals surface area contributed by atoms with Crippen molar-refractivity contribution >= 4 is 0 Å². The molecule has 72 valence electrons. The maximum Gasteiger partial charge on any atom is 0.0723 e. The summed E-state index contributed by atoms with van der Waals surface area (Å²) in [7, 11) is 0. The molecule has 0 aromatic carbocycles. The monoisotopic (exact) mass is 178 g/mol. The van der Waals surface area contributed by atoms with Crippen LogP contribution >= 0.6 is 0 Å². The first kappa shape index (κ1) is 10.3. The minimum Gasteiger partial charge on any atom is -0.389 e. The van der Waals surface area contributed by atoms with Gasteiger partial charge in [-0.2, -0.15) is 0 Å². The van der Waals surface area contributed by atoms with E-state index in [9.17, 15) is 5.11 Å². The number of hydrogen-bond acceptors (Lipinski definition) is 1. The highest BCUT2D eigenvalue weighted by atomic mass is 16.3. The van der Waals surface area contributed by atoms with Crippen molar-refractivity contribution < 1.29 is 5.11 Å². The van der Waals surface area contributed by atoms with Gasteiger partial charge in [-0.15, -0.1) is 5.73 Å². The molecule has 13 heavy (non-hydrogen) atoms. The lowest BCUT2D eigenvalue weighted by atomic mass is 9.85. The van der Waals surface area contributed by atoms with Crippen molar-refractivity contribution in [2.24, 2.45) is 5.92 Å². The van der Waals surface area contributed by atoms with E-state index in [1.165, 1.54) is 5.57 Å². The van der Waals surface area contributed by atoms with Crippen molar-refractivity contribution in [1.29, 1.82) is 0 Å². The van der Waals surface area contributed by atoms with E-state index < -0.39 is 0 Å². The maximum absolute atomic E-state index is 9.36. The van der Waals surface area contributed by atoms with Gasteiger partial charge in [0.05, 0.1) is 6.10 Å². The number of rotatable bonds is 2. The standard InChI is InChI=1S/C12H18O/c1-3-4-5-6-11-7-8-12(13)9-10(11)2/h3,5,9,11-13H,6-8H2,1-2H3. The summed E-state index contributed by atoms with van der Waals surface area (Å²) in [4.78, 5) is 0. The molecule has 1 nitrogen and oxygen atoms in total. The van der Waals surface area contributed by atoms with Crippen molar-refractivity contribution in [3.8, 4) is 0 Å². The summed E-state index contributed by atoms with van der Waals surface area (Å²) in [5, 5.41) is 9.36. The SMILES string of the molecule is CC=C=CCC1CCC(O)C=C1C. The van der Waals surface area contributed by atoms with Crippen LogP contribution in [0.2, 0.25) is 0 Å². The molecule has 1 aliphatic carbocycles. The molecule has 1 rings (SSSR count). The van der Waals surface area contributed by atoms with Gasteiger partial charge in [0, 0.05) is 0 Å². The smallest absolute Gasteiger partial charge is 0.0723 e. The van der Waals surface area contributed by atoms with Gasteiger partial charge in [0.2, 0.25) is 0 Å². The van der Waals surface area contributed by atoms with Gasteiger partial charge in [-0.1, -0.05) is 11.6 Å². The van der Waals surface area contributed by atoms with Crippen molar-refractivity contribution in [1.82, 2.24) is 0 Å². The van der Waals surface area contributed by atoms with E-state index in [0.717, 1.165) is 19.3 Å². The highest BCUT2D eigenvalue weighted by Crippen LogP contribution is 2.27. The Balaban J connectivity index is 2.52. The van der Waals surface area contributed by atoms with Gasteiger partial charge in [-0.3, -0.25) is 0 Å². The van der Waals surface area contributed by atoms with Crippen molar-refractivity contribution in [3.05, 3.63) is 29.5 Å². The Morgan fingerprint density at radius 3 is 3.00 bits per heavy atom. The van der Waals surface area contributed by atoms with Crippen LogP contribution in [0.1, 0.15) is 33.1 Å². The average molecular weight is 178 g/mol. The van der Waals surface area contributed by atoms with E-state index in [-0.39, 0.29) is 6.10 Å². The van der Waals surface area contributed by atoms with Crippen LogP contribution in [0.3, 0.4) is 0 Å². The van der Waals surface area contributed by atoms with E-state index in [0.29, 0.717) is 5.92 Å². The Labute approximate surface area is 80.5 Å². The van der Waals surface area contributed by atoms with Crippen LogP contribution in [-0.2, 0) is 0 Å². The maximum atomic E-state index is 9.36. The average Bonchev–Trinajstić information content (AvgIpc) is 2.09. The van der Waals surface area contributed by atoms with Gasteiger partial charge in [0.25, 0.3) is 0 Å². The van der Waals surface area contributed by atoms with Crippen LogP contribution in [0, 0.1) is 5.92 Å². The van der Waals surface area contributed by atoms with E-state index in [4.69, 9.17) is 0 Å². The molecule has 0 aromatic rings. The zero-order valence-electron chi connectivity index (χ0n) is 8.46. The fourth-order valence-electron chi connectivity index (χ4n) is 1.75. The molecule has 0 saturated carbocycles. The molecule has 0 spiro atoms. The van der Waals surface area contributed by atoms with Crippen LogP contribution in [0.15, 0.2) is 29.5 Å². The molecule has 2 atom stereocenters. The molecule has 0 bridgehead atoms. The third kappa shape index (κ3) is 3.22. The third-order valence-corrected chi connectivity index (χ3v) is 2.60. The van der Waals surface area contributed by atoms with Gasteiger partial charge in [0.15, 0.2) is 0 Å². The number of allylic oxidation sites excluding steroid dienone is 2. The number of hydrogen-bond donors (Lipinski definition) is 1. The molecule has 2 unspecified atom stereocenters. The Morgan fingerprint density at radius 1 is 1.62 bits per heavy atom. The first-order valence-electron chi connectivity index (χ1n) is 4.96. The molecule has 0 heterocycles. The fourth-order valence-corrected chi connectivity index (χ4v) is 1.75. The summed E-state index contributed by atoms with van der Waals surface area (Å²) < 4.78 is 0. The van der Waals surface area contributed by atoms with Gasteiger partial charge in [-0.05, 0) is 51.2 Å². The Kier molecular flexibility index (Phi) is 4.01. The van der Waals surface area contributed by atoms with Crippen LogP contribution in [0.25, 0.3) is 0 Å². The number of aliphatic hydroxyl groups excluding tert-OH is 1. The molecule has 0 fully saturated rings. The van der Waals surface area contributed by atoms with Gasteiger partial charge in [-0.25, -0.2) is 0 Å². The summed E-state index contributed by atoms with van der Waals surface area (Å²) >= 11 is 0. The van der Waals surface area contributed by atoms with Gasteiger partial charge >= 0.3 is 0 Å². The highest BCUT2D eigenvalue weighted by Gasteiger charge is 2.17. The van der Waals surface area contributed by atoms with E-state index in [1.807, 2.05) is 19.1 Å². The summed E-state index contributed by atoms with van der Waals surface area (Å²) in [6, 6.07) is 0. The molecule has 0 amide bonds. The van der Waals surface area contributed by atoms with Crippen molar-refractivity contribution in [3.63, 3.8) is 0 Å². The lowest BCUT2D eigenvalue weighted by molar-refractivity contribution is 0.191. The summed E-state index contributed by atoms with van der Waals surface area (Å²) in [6.45, 7) is 4.08. The zero-order chi connectivity index (χ0) is 9.68. The van der Waals surface area contributed by atoms with Crippen LogP contribution in [0.4, 0.5) is 0 Å². The molecule has 0 aromatic heterocycles. The van der Waals surface area contributed by atoms with E-state index in [2.05, 4.69) is 18.7 Å². The Morgan fingerprint density at radius 2 is 2.38 bits per heavy atom. The molecule has 1 aliphatic rings. The molecule has 0 radical (unpaired) electrons. The number of aliphatic hydroxyl groups is 1. The van der Waals surface area contributed by atoms with E-state index >= 15 is 0 Å².